The molecule has 0 spiro atoms. The van der Waals surface area contributed by atoms with Crippen LogP contribution in [0.5, 0.6) is 0 Å². The number of hydrogen-bond acceptors (Lipinski definition) is 4. The zero-order chi connectivity index (χ0) is 22.1. The molecule has 0 aliphatic carbocycles. The maximum absolute atomic E-state index is 13.0. The van der Waals surface area contributed by atoms with Gasteiger partial charge in [-0.15, -0.1) is 0 Å². The van der Waals surface area contributed by atoms with Gasteiger partial charge in [0.15, 0.2) is 0 Å². The highest BCUT2D eigenvalue weighted by atomic mass is 19.1. The number of likely N-dealkylation sites (tertiary alicyclic amines) is 1. The third-order valence-electron chi connectivity index (χ3n) is 4.84. The highest BCUT2D eigenvalue weighted by Gasteiger charge is 2.23. The van der Waals surface area contributed by atoms with Crippen molar-refractivity contribution in [1.29, 1.82) is 0 Å². The fourth-order valence-corrected chi connectivity index (χ4v) is 3.21. The van der Waals surface area contributed by atoms with Crippen LogP contribution in [0.2, 0.25) is 0 Å². The summed E-state index contributed by atoms with van der Waals surface area (Å²) in [6.45, 7) is 7.42. The lowest BCUT2D eigenvalue weighted by molar-refractivity contribution is -0.132. The van der Waals surface area contributed by atoms with Gasteiger partial charge in [0.2, 0.25) is 11.8 Å². The van der Waals surface area contributed by atoms with Crippen LogP contribution >= 0.6 is 0 Å². The minimum Gasteiger partial charge on any atom is -0.444 e. The SMILES string of the molecule is CC(C)(C)OC(=O)NCCC(=O)NCC1CCN(C(=O)Cc2ccc(F)cc2)CC1. The first-order valence-electron chi connectivity index (χ1n) is 10.4. The molecule has 0 unspecified atom stereocenters. The van der Waals surface area contributed by atoms with Crippen molar-refractivity contribution in [3.63, 3.8) is 0 Å². The molecule has 3 amide bonds. The number of halogens is 1. The van der Waals surface area contributed by atoms with Gasteiger partial charge in [0.25, 0.3) is 0 Å². The number of nitrogens with zero attached hydrogens (tertiary/aromatic N) is 1. The Hall–Kier alpha value is -2.64. The Bertz CT molecular complexity index is 723. The predicted octanol–water partition coefficient (Wildman–Crippen LogP) is 2.64. The first kappa shape index (κ1) is 23.6. The first-order valence-corrected chi connectivity index (χ1v) is 10.4. The second-order valence-corrected chi connectivity index (χ2v) is 8.61. The molecule has 0 atom stereocenters. The topological polar surface area (TPSA) is 87.7 Å². The highest BCUT2D eigenvalue weighted by molar-refractivity contribution is 5.79. The van der Waals surface area contributed by atoms with Crippen LogP contribution < -0.4 is 10.6 Å². The average Bonchev–Trinajstić information content (AvgIpc) is 2.67. The molecule has 8 heteroatoms. The molecule has 166 valence electrons. The molecule has 0 radical (unpaired) electrons. The molecule has 0 aromatic heterocycles. The summed E-state index contributed by atoms with van der Waals surface area (Å²) < 4.78 is 18.1. The van der Waals surface area contributed by atoms with Crippen LogP contribution in [0.15, 0.2) is 24.3 Å². The van der Waals surface area contributed by atoms with Crippen molar-refractivity contribution in [1.82, 2.24) is 15.5 Å². The summed E-state index contributed by atoms with van der Waals surface area (Å²) in [5.74, 6) is -0.0736. The van der Waals surface area contributed by atoms with E-state index in [1.807, 2.05) is 4.90 Å². The van der Waals surface area contributed by atoms with E-state index >= 15 is 0 Å². The summed E-state index contributed by atoms with van der Waals surface area (Å²) in [7, 11) is 0. The molecule has 1 fully saturated rings. The van der Waals surface area contributed by atoms with E-state index in [1.54, 1.807) is 32.9 Å². The standard InChI is InChI=1S/C22H32FN3O4/c1-22(2,3)30-21(29)24-11-8-19(27)25-15-17-9-12-26(13-10-17)20(28)14-16-4-6-18(23)7-5-16/h4-7,17H,8-15H2,1-3H3,(H,24,29)(H,25,27). The van der Waals surface area contributed by atoms with Gasteiger partial charge in [-0.05, 0) is 57.2 Å². The minimum absolute atomic E-state index is 0.0392. The van der Waals surface area contributed by atoms with Gasteiger partial charge < -0.3 is 20.3 Å². The van der Waals surface area contributed by atoms with Crippen molar-refractivity contribution in [2.24, 2.45) is 5.92 Å². The molecule has 1 aromatic rings. The lowest BCUT2D eigenvalue weighted by atomic mass is 9.96. The van der Waals surface area contributed by atoms with Gasteiger partial charge in [-0.3, -0.25) is 9.59 Å². The fourth-order valence-electron chi connectivity index (χ4n) is 3.21. The lowest BCUT2D eigenvalue weighted by Gasteiger charge is -2.32. The van der Waals surface area contributed by atoms with Gasteiger partial charge >= 0.3 is 6.09 Å². The predicted molar refractivity (Wildman–Crippen MR) is 111 cm³/mol. The fraction of sp³-hybridized carbons (Fsp3) is 0.591. The van der Waals surface area contributed by atoms with E-state index < -0.39 is 11.7 Å². The summed E-state index contributed by atoms with van der Waals surface area (Å²) in [6.07, 6.45) is 1.57. The summed E-state index contributed by atoms with van der Waals surface area (Å²) in [6, 6.07) is 5.99. The van der Waals surface area contributed by atoms with Crippen molar-refractivity contribution in [3.05, 3.63) is 35.6 Å². The Balaban J connectivity index is 1.60. The number of rotatable bonds is 7. The van der Waals surface area contributed by atoms with Crippen LogP contribution in [0.1, 0.15) is 45.6 Å². The Labute approximate surface area is 177 Å². The van der Waals surface area contributed by atoms with Crippen LogP contribution in [-0.4, -0.2) is 54.6 Å². The normalized spacial score (nSPS) is 14.9. The Morgan fingerprint density at radius 3 is 2.33 bits per heavy atom. The molecule has 7 nitrogen and oxygen atoms in total. The summed E-state index contributed by atoms with van der Waals surface area (Å²) >= 11 is 0. The molecule has 1 aliphatic heterocycles. The molecule has 1 aromatic carbocycles. The molecule has 0 saturated carbocycles. The molecule has 1 heterocycles. The first-order chi connectivity index (χ1) is 14.1. The van der Waals surface area contributed by atoms with Gasteiger partial charge in [-0.25, -0.2) is 9.18 Å². The number of carbonyl (C=O) groups excluding carboxylic acids is 3. The molecular formula is C22H32FN3O4. The quantitative estimate of drug-likeness (QED) is 0.709. The van der Waals surface area contributed by atoms with E-state index in [0.717, 1.165) is 18.4 Å². The number of benzene rings is 1. The zero-order valence-electron chi connectivity index (χ0n) is 18.0. The number of ether oxygens (including phenoxy) is 1. The van der Waals surface area contributed by atoms with Crippen LogP contribution in [0.25, 0.3) is 0 Å². The van der Waals surface area contributed by atoms with Gasteiger partial charge in [-0.1, -0.05) is 12.1 Å². The summed E-state index contributed by atoms with van der Waals surface area (Å²) in [5, 5.41) is 5.46. The molecule has 1 aliphatic rings. The van der Waals surface area contributed by atoms with E-state index in [0.29, 0.717) is 25.6 Å². The second kappa shape index (κ2) is 10.9. The van der Waals surface area contributed by atoms with Crippen LogP contribution in [-0.2, 0) is 20.7 Å². The smallest absolute Gasteiger partial charge is 0.407 e. The summed E-state index contributed by atoms with van der Waals surface area (Å²) in [4.78, 5) is 37.7. The van der Waals surface area contributed by atoms with Gasteiger partial charge in [0.05, 0.1) is 6.42 Å². The monoisotopic (exact) mass is 421 g/mol. The number of piperidine rings is 1. The third-order valence-corrected chi connectivity index (χ3v) is 4.84. The van der Waals surface area contributed by atoms with E-state index in [9.17, 15) is 18.8 Å². The summed E-state index contributed by atoms with van der Waals surface area (Å²) in [5.41, 5.74) is 0.234. The zero-order valence-corrected chi connectivity index (χ0v) is 18.0. The van der Waals surface area contributed by atoms with Gasteiger partial charge in [-0.2, -0.15) is 0 Å². The molecule has 1 saturated heterocycles. The van der Waals surface area contributed by atoms with Crippen molar-refractivity contribution in [2.45, 2.75) is 52.1 Å². The van der Waals surface area contributed by atoms with E-state index in [-0.39, 0.29) is 37.0 Å². The highest BCUT2D eigenvalue weighted by Crippen LogP contribution is 2.17. The molecular weight excluding hydrogens is 389 g/mol. The molecule has 0 bridgehead atoms. The number of nitrogens with one attached hydrogen (secondary N) is 2. The maximum Gasteiger partial charge on any atom is 0.407 e. The molecule has 2 rings (SSSR count). The number of carbonyl (C=O) groups is 3. The van der Waals surface area contributed by atoms with Crippen molar-refractivity contribution < 1.29 is 23.5 Å². The van der Waals surface area contributed by atoms with Crippen LogP contribution in [0.3, 0.4) is 0 Å². The van der Waals surface area contributed by atoms with Gasteiger partial charge in [0, 0.05) is 32.6 Å². The molecule has 30 heavy (non-hydrogen) atoms. The average molecular weight is 422 g/mol. The van der Waals surface area contributed by atoms with E-state index in [4.69, 9.17) is 4.74 Å². The van der Waals surface area contributed by atoms with Crippen molar-refractivity contribution >= 4 is 17.9 Å². The Morgan fingerprint density at radius 1 is 1.10 bits per heavy atom. The number of alkyl carbamates (subject to hydrolysis) is 1. The largest absolute Gasteiger partial charge is 0.444 e. The van der Waals surface area contributed by atoms with Crippen molar-refractivity contribution in [2.75, 3.05) is 26.2 Å². The van der Waals surface area contributed by atoms with E-state index in [2.05, 4.69) is 10.6 Å². The Morgan fingerprint density at radius 2 is 1.73 bits per heavy atom. The molecule has 2 N–H and O–H groups in total. The Kier molecular flexibility index (Phi) is 8.62. The van der Waals surface area contributed by atoms with Crippen molar-refractivity contribution in [3.8, 4) is 0 Å². The van der Waals surface area contributed by atoms with Gasteiger partial charge in [0.1, 0.15) is 11.4 Å². The minimum atomic E-state index is -0.568. The second-order valence-electron chi connectivity index (χ2n) is 8.61. The number of hydrogen-bond donors (Lipinski definition) is 2. The lowest BCUT2D eigenvalue weighted by Crippen LogP contribution is -2.42. The van der Waals surface area contributed by atoms with Crippen LogP contribution in [0, 0.1) is 11.7 Å². The number of amides is 3. The maximum atomic E-state index is 13.0. The van der Waals surface area contributed by atoms with Crippen LogP contribution in [0.4, 0.5) is 9.18 Å². The van der Waals surface area contributed by atoms with E-state index in [1.165, 1.54) is 12.1 Å². The third kappa shape index (κ3) is 8.80.